The van der Waals surface area contributed by atoms with Crippen molar-refractivity contribution in [3.63, 3.8) is 0 Å². The lowest BCUT2D eigenvalue weighted by Gasteiger charge is -2.36. The molecule has 11 heteroatoms. The largest absolute Gasteiger partial charge is 0.390 e. The molecule has 0 radical (unpaired) electrons. The Morgan fingerprint density at radius 1 is 1.40 bits per heavy atom. The number of hydrogen-bond donors (Lipinski definition) is 3. The second-order valence-electron chi connectivity index (χ2n) is 7.33. The molecule has 154 valence electrons. The van der Waals surface area contributed by atoms with Crippen LogP contribution in [-0.4, -0.2) is 59.7 Å². The van der Waals surface area contributed by atoms with E-state index in [0.717, 1.165) is 0 Å². The van der Waals surface area contributed by atoms with Crippen LogP contribution in [-0.2, 0) is 11.3 Å². The van der Waals surface area contributed by atoms with Gasteiger partial charge in [0.25, 0.3) is 0 Å². The van der Waals surface area contributed by atoms with E-state index in [1.165, 1.54) is 13.1 Å². The number of imidazole rings is 1. The fraction of sp³-hybridized carbons (Fsp3) is 0.263. The highest BCUT2D eigenvalue weighted by Gasteiger charge is 2.28. The molecule has 3 aromatic heterocycles. The number of likely N-dealkylation sites (tertiary alicyclic amines) is 1. The first-order chi connectivity index (χ1) is 14.4. The normalized spacial score (nSPS) is 15.1. The third kappa shape index (κ3) is 3.09. The van der Waals surface area contributed by atoms with Gasteiger partial charge >= 0.3 is 0 Å². The number of hydrogen-bond acceptors (Lipinski definition) is 6. The Hall–Kier alpha value is -3.08. The minimum atomic E-state index is -0.545. The van der Waals surface area contributed by atoms with Gasteiger partial charge < -0.3 is 14.8 Å². The molecule has 1 aliphatic heterocycles. The molecule has 5 rings (SSSR count). The van der Waals surface area contributed by atoms with Crippen LogP contribution in [0.5, 0.6) is 0 Å². The minimum Gasteiger partial charge on any atom is -0.390 e. The minimum absolute atomic E-state index is 0.0472. The number of halogens is 2. The number of anilines is 1. The number of aromatic nitrogens is 5. The lowest BCUT2D eigenvalue weighted by atomic mass is 10.0. The van der Waals surface area contributed by atoms with Crippen LogP contribution < -0.4 is 5.32 Å². The third-order valence-corrected chi connectivity index (χ3v) is 5.46. The SMILES string of the molecule is CC(=O)Nc1cn2cc(-c3c(Cl)c(F)c(CN4CC(O)C4)c4[nH]ncc34)ncc2n1. The molecule has 0 spiro atoms. The molecule has 1 fully saturated rings. The summed E-state index contributed by atoms with van der Waals surface area (Å²) in [4.78, 5) is 21.9. The first kappa shape index (κ1) is 18.9. The highest BCUT2D eigenvalue weighted by Crippen LogP contribution is 2.39. The Bertz CT molecular complexity index is 1300. The summed E-state index contributed by atoms with van der Waals surface area (Å²) in [6.07, 6.45) is 6.05. The van der Waals surface area contributed by atoms with Crippen LogP contribution in [0.1, 0.15) is 12.5 Å². The van der Waals surface area contributed by atoms with Crippen LogP contribution in [0.4, 0.5) is 10.2 Å². The number of nitrogens with zero attached hydrogens (tertiary/aromatic N) is 5. The van der Waals surface area contributed by atoms with E-state index in [1.54, 1.807) is 23.0 Å². The number of amides is 1. The van der Waals surface area contributed by atoms with Gasteiger partial charge in [-0.25, -0.2) is 9.37 Å². The Balaban J connectivity index is 1.61. The van der Waals surface area contributed by atoms with Gasteiger partial charge in [-0.3, -0.25) is 19.8 Å². The van der Waals surface area contributed by atoms with E-state index in [1.807, 2.05) is 4.90 Å². The molecule has 30 heavy (non-hydrogen) atoms. The maximum Gasteiger partial charge on any atom is 0.222 e. The van der Waals surface area contributed by atoms with Gasteiger partial charge in [0.1, 0.15) is 5.82 Å². The van der Waals surface area contributed by atoms with Gasteiger partial charge in [-0.1, -0.05) is 11.6 Å². The second-order valence-corrected chi connectivity index (χ2v) is 7.71. The zero-order valence-electron chi connectivity index (χ0n) is 15.9. The van der Waals surface area contributed by atoms with E-state index < -0.39 is 5.82 Å². The van der Waals surface area contributed by atoms with E-state index in [-0.39, 0.29) is 17.0 Å². The fourth-order valence-electron chi connectivity index (χ4n) is 3.74. The smallest absolute Gasteiger partial charge is 0.222 e. The van der Waals surface area contributed by atoms with Crippen LogP contribution in [0, 0.1) is 5.82 Å². The predicted octanol–water partition coefficient (Wildman–Crippen LogP) is 2.20. The molecule has 9 nitrogen and oxygen atoms in total. The van der Waals surface area contributed by atoms with Crippen molar-refractivity contribution >= 4 is 39.9 Å². The van der Waals surface area contributed by atoms with E-state index in [2.05, 4.69) is 25.5 Å². The zero-order valence-corrected chi connectivity index (χ0v) is 16.6. The van der Waals surface area contributed by atoms with Crippen LogP contribution in [0.15, 0.2) is 24.8 Å². The molecule has 1 amide bonds. The monoisotopic (exact) mass is 429 g/mol. The summed E-state index contributed by atoms with van der Waals surface area (Å²) in [5.41, 5.74) is 2.33. The van der Waals surface area contributed by atoms with Crippen LogP contribution >= 0.6 is 11.6 Å². The second kappa shape index (κ2) is 7.01. The molecule has 0 unspecified atom stereocenters. The van der Waals surface area contributed by atoms with E-state index >= 15 is 4.39 Å². The van der Waals surface area contributed by atoms with Crippen molar-refractivity contribution in [2.75, 3.05) is 18.4 Å². The molecular formula is C19H17ClFN7O2. The highest BCUT2D eigenvalue weighted by molar-refractivity contribution is 6.35. The van der Waals surface area contributed by atoms with Crippen molar-refractivity contribution in [1.29, 1.82) is 0 Å². The van der Waals surface area contributed by atoms with Gasteiger partial charge in [-0.2, -0.15) is 5.10 Å². The van der Waals surface area contributed by atoms with Crippen LogP contribution in [0.3, 0.4) is 0 Å². The molecule has 1 aromatic carbocycles. The van der Waals surface area contributed by atoms with E-state index in [9.17, 15) is 9.90 Å². The number of nitrogens with one attached hydrogen (secondary N) is 2. The third-order valence-electron chi connectivity index (χ3n) is 5.11. The topological polar surface area (TPSA) is 111 Å². The van der Waals surface area contributed by atoms with Crippen molar-refractivity contribution in [1.82, 2.24) is 29.5 Å². The van der Waals surface area contributed by atoms with E-state index in [4.69, 9.17) is 11.6 Å². The number of aromatic amines is 1. The van der Waals surface area contributed by atoms with E-state index in [0.29, 0.717) is 58.8 Å². The quantitative estimate of drug-likeness (QED) is 0.458. The van der Waals surface area contributed by atoms with Gasteiger partial charge in [0.05, 0.1) is 40.9 Å². The Kier molecular flexibility index (Phi) is 4.42. The first-order valence-electron chi connectivity index (χ1n) is 9.26. The number of fused-ring (bicyclic) bond motifs is 2. The Labute approximate surface area is 174 Å². The van der Waals surface area contributed by atoms with Crippen molar-refractivity contribution in [3.05, 3.63) is 41.2 Å². The maximum atomic E-state index is 15.3. The van der Waals surface area contributed by atoms with Crippen LogP contribution in [0.25, 0.3) is 27.8 Å². The summed E-state index contributed by atoms with van der Waals surface area (Å²) >= 11 is 6.46. The Morgan fingerprint density at radius 3 is 2.93 bits per heavy atom. The van der Waals surface area contributed by atoms with Gasteiger partial charge in [-0.05, 0) is 0 Å². The number of H-pyrrole nitrogens is 1. The number of aliphatic hydroxyl groups is 1. The number of β-amino-alcohol motifs (C(OH)–C–C–N with tert-alkyl or cyclic N) is 1. The molecule has 0 aliphatic carbocycles. The van der Waals surface area contributed by atoms with Crippen molar-refractivity contribution < 1.29 is 14.3 Å². The molecule has 1 aliphatic rings. The van der Waals surface area contributed by atoms with Gasteiger partial charge in [0.15, 0.2) is 11.5 Å². The molecule has 0 bridgehead atoms. The maximum absolute atomic E-state index is 15.3. The molecule has 4 aromatic rings. The zero-order chi connectivity index (χ0) is 21.0. The molecule has 0 saturated carbocycles. The van der Waals surface area contributed by atoms with Gasteiger partial charge in [0.2, 0.25) is 5.91 Å². The lowest BCUT2D eigenvalue weighted by molar-refractivity contribution is -0.114. The van der Waals surface area contributed by atoms with Gasteiger partial charge in [-0.15, -0.1) is 0 Å². The molecule has 0 atom stereocenters. The molecule has 1 saturated heterocycles. The van der Waals surface area contributed by atoms with Crippen LogP contribution in [0.2, 0.25) is 5.02 Å². The average molecular weight is 430 g/mol. The summed E-state index contributed by atoms with van der Waals surface area (Å²) < 4.78 is 17.0. The first-order valence-corrected chi connectivity index (χ1v) is 9.64. The summed E-state index contributed by atoms with van der Waals surface area (Å²) in [5.74, 6) is -0.391. The van der Waals surface area contributed by atoms with Crippen molar-refractivity contribution in [3.8, 4) is 11.3 Å². The number of carbonyl (C=O) groups is 1. The highest BCUT2D eigenvalue weighted by atomic mass is 35.5. The number of aliphatic hydroxyl groups excluding tert-OH is 1. The lowest BCUT2D eigenvalue weighted by Crippen LogP contribution is -2.50. The summed E-state index contributed by atoms with van der Waals surface area (Å²) in [6.45, 7) is 2.69. The summed E-state index contributed by atoms with van der Waals surface area (Å²) in [5, 5.41) is 19.7. The molecule has 4 heterocycles. The van der Waals surface area contributed by atoms with Crippen molar-refractivity contribution in [2.45, 2.75) is 19.6 Å². The predicted molar refractivity (Wildman–Crippen MR) is 109 cm³/mol. The average Bonchev–Trinajstić information content (AvgIpc) is 3.29. The molecular weight excluding hydrogens is 413 g/mol. The Morgan fingerprint density at radius 2 is 2.20 bits per heavy atom. The molecule has 3 N–H and O–H groups in total. The number of benzene rings is 1. The van der Waals surface area contributed by atoms with Gasteiger partial charge in [0, 0.05) is 49.3 Å². The summed E-state index contributed by atoms with van der Waals surface area (Å²) in [6, 6.07) is 0. The summed E-state index contributed by atoms with van der Waals surface area (Å²) in [7, 11) is 0. The standard InChI is InChI=1S/C19H17ClFN7O2/c1-9(29)24-14-8-28-7-13(22-3-15(28)25-14)16-11-2-23-26-19(11)12(18(21)17(16)20)6-27-4-10(30)5-27/h2-3,7-8,10,30H,4-6H2,1H3,(H,23,26)(H,24,29). The van der Waals surface area contributed by atoms with Crippen molar-refractivity contribution in [2.24, 2.45) is 0 Å². The number of rotatable bonds is 4. The fourth-order valence-corrected chi connectivity index (χ4v) is 4.05. The number of carbonyl (C=O) groups excluding carboxylic acids is 1.